The van der Waals surface area contributed by atoms with Crippen LogP contribution < -0.4 is 21.7 Å². The maximum absolute atomic E-state index is 12.8. The average molecular weight is 497 g/mol. The minimum absolute atomic E-state index is 0.0679. The number of nitrogens with two attached hydrogens (primary N) is 1. The molecule has 0 aliphatic heterocycles. The van der Waals surface area contributed by atoms with Gasteiger partial charge < -0.3 is 31.9 Å². The van der Waals surface area contributed by atoms with Gasteiger partial charge in [0.15, 0.2) is 5.78 Å². The van der Waals surface area contributed by atoms with E-state index in [1.54, 1.807) is 0 Å². The van der Waals surface area contributed by atoms with Crippen molar-refractivity contribution in [1.82, 2.24) is 16.0 Å². The molecule has 12 heteroatoms. The van der Waals surface area contributed by atoms with Crippen molar-refractivity contribution in [1.29, 1.82) is 0 Å². The van der Waals surface area contributed by atoms with Crippen molar-refractivity contribution in [3.05, 3.63) is 0 Å². The van der Waals surface area contributed by atoms with Gasteiger partial charge in [-0.3, -0.25) is 28.8 Å². The van der Waals surface area contributed by atoms with Gasteiger partial charge in [0.2, 0.25) is 17.7 Å². The zero-order valence-corrected chi connectivity index (χ0v) is 20.2. The van der Waals surface area contributed by atoms with E-state index in [4.69, 9.17) is 22.4 Å². The number of amides is 3. The smallest absolute Gasteiger partial charge is 0.306 e. The summed E-state index contributed by atoms with van der Waals surface area (Å²) in [4.78, 5) is 71.5. The zero-order valence-electron chi connectivity index (χ0n) is 20.2. The molecular weight excluding hydrogens is 460 g/mol. The molecule has 7 N–H and O–H groups in total. The van der Waals surface area contributed by atoms with Crippen molar-refractivity contribution >= 4 is 35.4 Å². The Morgan fingerprint density at radius 1 is 0.857 bits per heavy atom. The molecule has 3 amide bonds. The molecule has 0 aliphatic rings. The number of ketones is 1. The first-order chi connectivity index (χ1) is 16.4. The summed E-state index contributed by atoms with van der Waals surface area (Å²) < 4.78 is 0. The number of unbranched alkanes of at least 4 members (excludes halogenated alkanes) is 1. The van der Waals surface area contributed by atoms with Gasteiger partial charge in [-0.2, -0.15) is 0 Å². The van der Waals surface area contributed by atoms with E-state index >= 15 is 0 Å². The Kier molecular flexibility index (Phi) is 15.4. The third-order valence-electron chi connectivity index (χ3n) is 5.23. The molecule has 12 nitrogen and oxygen atoms in total. The number of carbonyl (C=O) groups excluding carboxylic acids is 4. The molecule has 0 radical (unpaired) electrons. The number of Topliss-reactive ketones (excluding diaryl/α,β-unsaturated/α-hetero) is 1. The summed E-state index contributed by atoms with van der Waals surface area (Å²) in [5.74, 6) is -3.03. The van der Waals surface area contributed by atoms with Crippen molar-refractivity contribution in [3.63, 3.8) is 0 Å². The molecule has 0 aromatic heterocycles. The summed E-state index contributed by atoms with van der Waals surface area (Å²) in [7, 11) is 0. The molecule has 0 aromatic rings. The van der Waals surface area contributed by atoms with Crippen LogP contribution >= 0.6 is 0 Å². The highest BCUT2D eigenvalue weighted by molar-refractivity contribution is 5.94. The highest BCUT2D eigenvalue weighted by Gasteiger charge is 2.28. The van der Waals surface area contributed by atoms with E-state index < -0.39 is 59.5 Å². The van der Waals surface area contributed by atoms with Gasteiger partial charge >= 0.3 is 11.9 Å². The summed E-state index contributed by atoms with van der Waals surface area (Å²) in [5.41, 5.74) is 5.50. The van der Waals surface area contributed by atoms with Gasteiger partial charge in [0.1, 0.15) is 12.1 Å². The highest BCUT2D eigenvalue weighted by Crippen LogP contribution is 2.08. The van der Waals surface area contributed by atoms with Gasteiger partial charge in [0.05, 0.1) is 12.0 Å². The second kappa shape index (κ2) is 17.0. The molecule has 0 aliphatic carbocycles. The molecule has 0 aromatic carbocycles. The molecule has 4 atom stereocenters. The Labute approximate surface area is 204 Å². The topological polar surface area (TPSA) is 205 Å². The van der Waals surface area contributed by atoms with Crippen LogP contribution in [0, 0.1) is 18.3 Å². The van der Waals surface area contributed by atoms with Crippen molar-refractivity contribution in [2.24, 2.45) is 11.7 Å². The highest BCUT2D eigenvalue weighted by atomic mass is 16.4. The molecule has 0 saturated carbocycles. The van der Waals surface area contributed by atoms with E-state index in [2.05, 4.69) is 21.9 Å². The van der Waals surface area contributed by atoms with Crippen LogP contribution in [0.2, 0.25) is 0 Å². The number of hydrogen-bond acceptors (Lipinski definition) is 7. The molecule has 1 unspecified atom stereocenters. The van der Waals surface area contributed by atoms with Gasteiger partial charge in [0.25, 0.3) is 0 Å². The van der Waals surface area contributed by atoms with Crippen LogP contribution in [0.5, 0.6) is 0 Å². The van der Waals surface area contributed by atoms with Gasteiger partial charge in [-0.25, -0.2) is 0 Å². The van der Waals surface area contributed by atoms with E-state index in [-0.39, 0.29) is 38.5 Å². The third kappa shape index (κ3) is 13.7. The van der Waals surface area contributed by atoms with E-state index in [1.807, 2.05) is 0 Å². The van der Waals surface area contributed by atoms with Crippen LogP contribution in [-0.4, -0.2) is 70.3 Å². The predicted octanol–water partition coefficient (Wildman–Crippen LogP) is -0.452. The van der Waals surface area contributed by atoms with Crippen LogP contribution in [-0.2, 0) is 28.8 Å². The average Bonchev–Trinajstić information content (AvgIpc) is 2.78. The van der Waals surface area contributed by atoms with Crippen molar-refractivity contribution in [3.8, 4) is 12.3 Å². The number of carbonyl (C=O) groups is 6. The van der Waals surface area contributed by atoms with Crippen LogP contribution in [0.25, 0.3) is 0 Å². The lowest BCUT2D eigenvalue weighted by Crippen LogP contribution is -2.55. The first kappa shape index (κ1) is 31.5. The Hall–Kier alpha value is -3.46. The SMILES string of the molecule is C#CC[C@H](NC(=O)CC[C@H](C)C(=O)O)C(=O)N[C@@H](CCCCN)C(=O)NC(CCC(=O)O)C(C)=O. The quantitative estimate of drug-likeness (QED) is 0.107. The monoisotopic (exact) mass is 496 g/mol. The maximum Gasteiger partial charge on any atom is 0.306 e. The number of terminal acetylenes is 1. The Morgan fingerprint density at radius 3 is 1.97 bits per heavy atom. The van der Waals surface area contributed by atoms with E-state index in [0.717, 1.165) is 0 Å². The standard InChI is InChI=1S/C23H36N4O8/c1-4-7-17(25-19(29)11-9-14(2)23(34)35)21(32)27-18(8-5-6-13-24)22(33)26-16(15(3)28)10-12-20(30)31/h1,14,16-18H,5-13,24H2,2-3H3,(H,25,29)(H,26,33)(H,27,32)(H,30,31)(H,34,35)/t14-,16?,17-,18-/m0/s1. The number of aliphatic carboxylic acids is 2. The minimum atomic E-state index is -1.16. The van der Waals surface area contributed by atoms with Gasteiger partial charge in [0, 0.05) is 19.3 Å². The Balaban J connectivity index is 5.34. The maximum atomic E-state index is 12.8. The molecule has 0 spiro atoms. The lowest BCUT2D eigenvalue weighted by atomic mass is 10.0. The van der Waals surface area contributed by atoms with Gasteiger partial charge in [-0.15, -0.1) is 12.3 Å². The lowest BCUT2D eigenvalue weighted by Gasteiger charge is -2.24. The molecule has 0 bridgehead atoms. The first-order valence-corrected chi connectivity index (χ1v) is 11.4. The lowest BCUT2D eigenvalue weighted by molar-refractivity contribution is -0.141. The third-order valence-corrected chi connectivity index (χ3v) is 5.23. The van der Waals surface area contributed by atoms with Crippen molar-refractivity contribution in [2.75, 3.05) is 6.54 Å². The summed E-state index contributed by atoms with van der Waals surface area (Å²) in [6.07, 6.45) is 5.88. The molecule has 0 rings (SSSR count). The van der Waals surface area contributed by atoms with Crippen LogP contribution in [0.1, 0.15) is 65.2 Å². The van der Waals surface area contributed by atoms with E-state index in [9.17, 15) is 28.8 Å². The van der Waals surface area contributed by atoms with Crippen LogP contribution in [0.4, 0.5) is 0 Å². The first-order valence-electron chi connectivity index (χ1n) is 11.4. The number of rotatable bonds is 18. The van der Waals surface area contributed by atoms with Gasteiger partial charge in [-0.05, 0) is 45.6 Å². The predicted molar refractivity (Wildman–Crippen MR) is 126 cm³/mol. The molecular formula is C23H36N4O8. The summed E-state index contributed by atoms with van der Waals surface area (Å²) >= 11 is 0. The van der Waals surface area contributed by atoms with Crippen LogP contribution in [0.3, 0.4) is 0 Å². The second-order valence-electron chi connectivity index (χ2n) is 8.26. The summed E-state index contributed by atoms with van der Waals surface area (Å²) in [6.45, 7) is 3.04. The largest absolute Gasteiger partial charge is 0.481 e. The minimum Gasteiger partial charge on any atom is -0.481 e. The van der Waals surface area contributed by atoms with E-state index in [0.29, 0.717) is 19.4 Å². The zero-order chi connectivity index (χ0) is 27.0. The molecule has 0 heterocycles. The summed E-state index contributed by atoms with van der Waals surface area (Å²) in [5, 5.41) is 25.3. The molecule has 0 saturated heterocycles. The fraction of sp³-hybridized carbons (Fsp3) is 0.652. The van der Waals surface area contributed by atoms with E-state index in [1.165, 1.54) is 13.8 Å². The normalized spacial score (nSPS) is 13.9. The summed E-state index contributed by atoms with van der Waals surface area (Å²) in [6, 6.07) is -3.28. The second-order valence-corrected chi connectivity index (χ2v) is 8.26. The molecule has 35 heavy (non-hydrogen) atoms. The number of carboxylic acids is 2. The molecule has 0 fully saturated rings. The van der Waals surface area contributed by atoms with Crippen LogP contribution in [0.15, 0.2) is 0 Å². The Morgan fingerprint density at radius 2 is 1.46 bits per heavy atom. The fourth-order valence-corrected chi connectivity index (χ4v) is 3.02. The van der Waals surface area contributed by atoms with Gasteiger partial charge in [-0.1, -0.05) is 6.92 Å². The van der Waals surface area contributed by atoms with Crippen molar-refractivity contribution < 1.29 is 39.0 Å². The molecule has 196 valence electrons. The number of carboxylic acid groups (broad SMARTS) is 2. The Bertz CT molecular complexity index is 808. The van der Waals surface area contributed by atoms with Crippen molar-refractivity contribution in [2.45, 2.75) is 83.3 Å². The number of nitrogens with one attached hydrogen (secondary N) is 3. The fourth-order valence-electron chi connectivity index (χ4n) is 3.02. The number of hydrogen-bond donors (Lipinski definition) is 6.